The topological polar surface area (TPSA) is 89.6 Å². The Balaban J connectivity index is 2.18. The van der Waals surface area contributed by atoms with Gasteiger partial charge in [0.1, 0.15) is 0 Å². The van der Waals surface area contributed by atoms with Crippen molar-refractivity contribution in [3.8, 4) is 0 Å². The second kappa shape index (κ2) is 12.1. The van der Waals surface area contributed by atoms with Crippen LogP contribution < -0.4 is 5.73 Å². The van der Waals surface area contributed by atoms with Crippen LogP contribution in [0.25, 0.3) is 0 Å². The summed E-state index contributed by atoms with van der Waals surface area (Å²) in [6.45, 7) is 2.23. The first-order valence-corrected chi connectivity index (χ1v) is 9.43. The van der Waals surface area contributed by atoms with E-state index in [1.54, 1.807) is 0 Å². The third-order valence-corrected chi connectivity index (χ3v) is 4.62. The molecule has 0 saturated carbocycles. The highest BCUT2D eigenvalue weighted by Crippen LogP contribution is 2.29. The average molecular weight is 339 g/mol. The molecule has 24 heavy (non-hydrogen) atoms. The van der Waals surface area contributed by atoms with Gasteiger partial charge in [0.2, 0.25) is 12.2 Å². The number of nitrogens with two attached hydrogens (primary N) is 1. The molecule has 1 aliphatic heterocycles. The van der Waals surface area contributed by atoms with Gasteiger partial charge < -0.3 is 15.6 Å². The fourth-order valence-corrected chi connectivity index (χ4v) is 3.25. The largest absolute Gasteiger partial charge is 0.429 e. The lowest BCUT2D eigenvalue weighted by Crippen LogP contribution is -2.22. The molecule has 0 spiro atoms. The predicted molar refractivity (Wildman–Crippen MR) is 93.9 cm³/mol. The lowest BCUT2D eigenvalue weighted by Gasteiger charge is -2.18. The average Bonchev–Trinajstić information content (AvgIpc) is 2.86. The summed E-state index contributed by atoms with van der Waals surface area (Å²) in [4.78, 5) is 22.4. The van der Waals surface area contributed by atoms with Gasteiger partial charge in [0.05, 0.1) is 0 Å². The van der Waals surface area contributed by atoms with Gasteiger partial charge in [-0.2, -0.15) is 0 Å². The summed E-state index contributed by atoms with van der Waals surface area (Å²) in [5, 5.41) is 9.74. The first-order chi connectivity index (χ1) is 11.5. The quantitative estimate of drug-likeness (QED) is 0.374. The summed E-state index contributed by atoms with van der Waals surface area (Å²) in [6.07, 6.45) is 13.4. The van der Waals surface area contributed by atoms with Crippen LogP contribution in [0.2, 0.25) is 0 Å². The highest BCUT2D eigenvalue weighted by atomic mass is 16.6. The van der Waals surface area contributed by atoms with E-state index >= 15 is 0 Å². The van der Waals surface area contributed by atoms with Crippen LogP contribution in [0, 0.1) is 5.92 Å². The maximum absolute atomic E-state index is 11.2. The zero-order chi connectivity index (χ0) is 17.8. The summed E-state index contributed by atoms with van der Waals surface area (Å²) >= 11 is 0. The third kappa shape index (κ3) is 8.48. The molecule has 0 fully saturated rings. The van der Waals surface area contributed by atoms with Gasteiger partial charge in [0.25, 0.3) is 0 Å². The van der Waals surface area contributed by atoms with E-state index in [0.29, 0.717) is 5.57 Å². The maximum Gasteiger partial charge on any atom is 0.333 e. The Hall–Kier alpha value is -1.36. The number of cyclic esters (lactones) is 1. The van der Waals surface area contributed by atoms with Crippen LogP contribution in [0.1, 0.15) is 84.0 Å². The van der Waals surface area contributed by atoms with Gasteiger partial charge in [-0.3, -0.25) is 4.79 Å². The number of unbranched alkanes of at least 4 members (excludes halogenated alkanes) is 9. The number of hydrogen-bond donors (Lipinski definition) is 2. The van der Waals surface area contributed by atoms with Crippen molar-refractivity contribution in [2.24, 2.45) is 11.7 Å². The molecule has 0 bridgehead atoms. The molecule has 3 N–H and O–H groups in total. The van der Waals surface area contributed by atoms with Crippen LogP contribution in [0.3, 0.4) is 0 Å². The van der Waals surface area contributed by atoms with E-state index in [4.69, 9.17) is 10.5 Å². The Kier molecular flexibility index (Phi) is 10.4. The molecular formula is C19H33NO4. The molecule has 5 nitrogen and oxygen atoms in total. The fraction of sp³-hybridized carbons (Fsp3) is 0.789. The molecule has 0 aliphatic carbocycles. The number of primary amides is 1. The van der Waals surface area contributed by atoms with E-state index in [1.807, 2.05) is 0 Å². The molecule has 1 rings (SSSR count). The molecule has 0 aromatic rings. The van der Waals surface area contributed by atoms with Crippen molar-refractivity contribution < 1.29 is 19.4 Å². The van der Waals surface area contributed by atoms with Crippen molar-refractivity contribution in [1.29, 1.82) is 0 Å². The van der Waals surface area contributed by atoms with Gasteiger partial charge in [-0.05, 0) is 12.3 Å². The highest BCUT2D eigenvalue weighted by molar-refractivity contribution is 5.86. The number of aliphatic hydroxyl groups excluding tert-OH is 1. The Morgan fingerprint density at radius 2 is 1.67 bits per heavy atom. The van der Waals surface area contributed by atoms with Gasteiger partial charge >= 0.3 is 5.97 Å². The minimum Gasteiger partial charge on any atom is -0.429 e. The van der Waals surface area contributed by atoms with Gasteiger partial charge in [-0.25, -0.2) is 4.79 Å². The van der Waals surface area contributed by atoms with Gasteiger partial charge in [0, 0.05) is 18.1 Å². The fourth-order valence-electron chi connectivity index (χ4n) is 3.25. The maximum atomic E-state index is 11.2. The Morgan fingerprint density at radius 3 is 2.12 bits per heavy atom. The van der Waals surface area contributed by atoms with Crippen LogP contribution >= 0.6 is 0 Å². The minimum atomic E-state index is -1.22. The summed E-state index contributed by atoms with van der Waals surface area (Å²) in [6, 6.07) is 0. The summed E-state index contributed by atoms with van der Waals surface area (Å²) < 4.78 is 4.71. The molecule has 0 aromatic heterocycles. The van der Waals surface area contributed by atoms with E-state index in [1.165, 1.54) is 57.4 Å². The monoisotopic (exact) mass is 339 g/mol. The van der Waals surface area contributed by atoms with E-state index in [2.05, 4.69) is 6.92 Å². The van der Waals surface area contributed by atoms with Crippen LogP contribution in [-0.2, 0) is 14.3 Å². The van der Waals surface area contributed by atoms with Crippen LogP contribution in [0.4, 0.5) is 0 Å². The number of aliphatic hydroxyl groups is 1. The van der Waals surface area contributed by atoms with Gasteiger partial charge in [-0.15, -0.1) is 0 Å². The molecule has 2 atom stereocenters. The van der Waals surface area contributed by atoms with Crippen molar-refractivity contribution in [3.63, 3.8) is 0 Å². The standard InChI is InChI=1S/C19H33NO4/c1-2-3-4-5-6-7-8-9-10-11-12-15(13-17(20)21)16-14-18(22)24-19(16)23/h14-15,19,23H,2-13H2,1H3,(H2,20,21). The normalized spacial score (nSPS) is 18.3. The Morgan fingerprint density at radius 1 is 1.12 bits per heavy atom. The smallest absolute Gasteiger partial charge is 0.333 e. The van der Waals surface area contributed by atoms with Crippen LogP contribution in [0.15, 0.2) is 11.6 Å². The number of carbonyl (C=O) groups is 2. The highest BCUT2D eigenvalue weighted by Gasteiger charge is 2.30. The summed E-state index contributed by atoms with van der Waals surface area (Å²) in [5.41, 5.74) is 5.78. The zero-order valence-electron chi connectivity index (χ0n) is 15.0. The molecular weight excluding hydrogens is 306 g/mol. The van der Waals surface area contributed by atoms with E-state index < -0.39 is 18.2 Å². The minimum absolute atomic E-state index is 0.150. The lowest BCUT2D eigenvalue weighted by atomic mass is 9.89. The van der Waals surface area contributed by atoms with Crippen LogP contribution in [-0.4, -0.2) is 23.3 Å². The van der Waals surface area contributed by atoms with Crippen molar-refractivity contribution in [3.05, 3.63) is 11.6 Å². The number of esters is 1. The molecule has 138 valence electrons. The van der Waals surface area contributed by atoms with Crippen molar-refractivity contribution in [2.45, 2.75) is 90.3 Å². The van der Waals surface area contributed by atoms with Crippen molar-refractivity contribution >= 4 is 11.9 Å². The summed E-state index contributed by atoms with van der Waals surface area (Å²) in [7, 11) is 0. The lowest BCUT2D eigenvalue weighted by molar-refractivity contribution is -0.151. The molecule has 1 aliphatic rings. The SMILES string of the molecule is CCCCCCCCCCCCC(CC(N)=O)C1=CC(=O)OC1O. The number of rotatable bonds is 14. The zero-order valence-corrected chi connectivity index (χ0v) is 15.0. The van der Waals surface area contributed by atoms with Gasteiger partial charge in [-0.1, -0.05) is 71.1 Å². The van der Waals surface area contributed by atoms with Gasteiger partial charge in [0.15, 0.2) is 0 Å². The van der Waals surface area contributed by atoms with E-state index in [0.717, 1.165) is 19.3 Å². The second-order valence-electron chi connectivity index (χ2n) is 6.77. The van der Waals surface area contributed by atoms with E-state index in [-0.39, 0.29) is 12.3 Å². The number of carbonyl (C=O) groups excluding carboxylic acids is 2. The number of ether oxygens (including phenoxy) is 1. The molecule has 2 unspecified atom stereocenters. The molecule has 0 aromatic carbocycles. The number of amides is 1. The Bertz CT molecular complexity index is 420. The third-order valence-electron chi connectivity index (χ3n) is 4.62. The van der Waals surface area contributed by atoms with Crippen LogP contribution in [0.5, 0.6) is 0 Å². The second-order valence-corrected chi connectivity index (χ2v) is 6.77. The number of hydrogen-bond acceptors (Lipinski definition) is 4. The van der Waals surface area contributed by atoms with E-state index in [9.17, 15) is 14.7 Å². The van der Waals surface area contributed by atoms with Crippen molar-refractivity contribution in [1.82, 2.24) is 0 Å². The first-order valence-electron chi connectivity index (χ1n) is 9.43. The summed E-state index contributed by atoms with van der Waals surface area (Å²) in [5.74, 6) is -1.16. The first kappa shape index (κ1) is 20.7. The predicted octanol–water partition coefficient (Wildman–Crippen LogP) is 3.59. The molecule has 5 heteroatoms. The molecule has 0 radical (unpaired) electrons. The molecule has 1 heterocycles. The Labute approximate surface area is 145 Å². The molecule has 0 saturated heterocycles. The van der Waals surface area contributed by atoms with Crippen molar-refractivity contribution in [2.75, 3.05) is 0 Å². The molecule has 1 amide bonds.